The zero-order chi connectivity index (χ0) is 24.6. The summed E-state index contributed by atoms with van der Waals surface area (Å²) in [6, 6.07) is 13.9. The predicted octanol–water partition coefficient (Wildman–Crippen LogP) is 3.93. The van der Waals surface area contributed by atoms with Crippen LogP contribution in [0.2, 0.25) is 0 Å². The van der Waals surface area contributed by atoms with Gasteiger partial charge in [0, 0.05) is 5.56 Å². The van der Waals surface area contributed by atoms with E-state index in [4.69, 9.17) is 0 Å². The van der Waals surface area contributed by atoms with Gasteiger partial charge in [0.05, 0.1) is 12.9 Å². The highest BCUT2D eigenvalue weighted by Gasteiger charge is 2.54. The first-order valence-electron chi connectivity index (χ1n) is 11.7. The summed E-state index contributed by atoms with van der Waals surface area (Å²) in [5, 5.41) is 5.70. The van der Waals surface area contributed by atoms with E-state index >= 15 is 0 Å². The maximum absolute atomic E-state index is 13.5. The summed E-state index contributed by atoms with van der Waals surface area (Å²) >= 11 is 0. The summed E-state index contributed by atoms with van der Waals surface area (Å²) in [6.07, 6.45) is 4.50. The number of imide groups is 1. The third-order valence-electron chi connectivity index (χ3n) is 6.81. The molecule has 1 saturated heterocycles. The molecule has 180 valence electrons. The lowest BCUT2D eigenvalue weighted by Crippen LogP contribution is -2.48. The van der Waals surface area contributed by atoms with E-state index in [1.54, 1.807) is 23.0 Å². The second kappa shape index (κ2) is 8.98. The van der Waals surface area contributed by atoms with Gasteiger partial charge >= 0.3 is 6.03 Å². The molecule has 4 amide bonds. The lowest BCUT2D eigenvalue weighted by Gasteiger charge is -2.24. The molecule has 1 aliphatic carbocycles. The first kappa shape index (κ1) is 22.8. The molecule has 1 unspecified atom stereocenters. The Bertz CT molecular complexity index is 1270. The Morgan fingerprint density at radius 3 is 2.49 bits per heavy atom. The quantitative estimate of drug-likeness (QED) is 0.528. The maximum atomic E-state index is 13.5. The van der Waals surface area contributed by atoms with Crippen LogP contribution >= 0.6 is 0 Å². The summed E-state index contributed by atoms with van der Waals surface area (Å²) in [7, 11) is 0. The smallest absolute Gasteiger partial charge is 0.323 e. The number of aromatic nitrogens is 2. The van der Waals surface area contributed by atoms with Crippen LogP contribution in [0.5, 0.6) is 0 Å². The monoisotopic (exact) mass is 475 g/mol. The molecule has 0 bridgehead atoms. The highest BCUT2D eigenvalue weighted by atomic mass is 19.1. The topological polar surface area (TPSA) is 96.3 Å². The molecule has 5 rings (SSSR count). The Labute approximate surface area is 202 Å². The number of rotatable bonds is 6. The van der Waals surface area contributed by atoms with Crippen LogP contribution in [0.1, 0.15) is 38.2 Å². The van der Waals surface area contributed by atoms with Crippen LogP contribution in [0, 0.1) is 5.82 Å². The molecule has 2 heterocycles. The SMILES string of the molecule is CC(C(=O)Nc1c(-c2ccc(F)cc2)ncn1Cc1ccccc1)N1C(=O)NC2(CCCC2)C1=O. The third-order valence-corrected chi connectivity index (χ3v) is 6.81. The molecule has 1 aliphatic heterocycles. The average molecular weight is 476 g/mol. The van der Waals surface area contributed by atoms with Crippen LogP contribution in [0.3, 0.4) is 0 Å². The molecule has 9 heteroatoms. The van der Waals surface area contributed by atoms with Gasteiger partial charge in [0.1, 0.15) is 28.9 Å². The Morgan fingerprint density at radius 2 is 1.80 bits per heavy atom. The van der Waals surface area contributed by atoms with E-state index in [2.05, 4.69) is 15.6 Å². The molecule has 1 spiro atoms. The summed E-state index contributed by atoms with van der Waals surface area (Å²) < 4.78 is 15.3. The van der Waals surface area contributed by atoms with E-state index in [1.165, 1.54) is 19.1 Å². The Kier molecular flexibility index (Phi) is 5.84. The fourth-order valence-corrected chi connectivity index (χ4v) is 4.88. The number of imidazole rings is 1. The molecule has 2 aromatic carbocycles. The Morgan fingerprint density at radius 1 is 1.11 bits per heavy atom. The number of carbonyl (C=O) groups excluding carboxylic acids is 3. The zero-order valence-corrected chi connectivity index (χ0v) is 19.3. The number of nitrogens with one attached hydrogen (secondary N) is 2. The van der Waals surface area contributed by atoms with Crippen LogP contribution in [0.15, 0.2) is 60.9 Å². The standard InChI is InChI=1S/C26H26FN5O3/c1-17(32-24(34)26(30-25(32)35)13-5-6-14-26)23(33)29-22-21(19-9-11-20(27)12-10-19)28-16-31(22)15-18-7-3-2-4-8-18/h2-4,7-12,16-17H,5-6,13-15H2,1H3,(H,29,33)(H,30,35). The van der Waals surface area contributed by atoms with Gasteiger partial charge in [-0.05, 0) is 49.6 Å². The van der Waals surface area contributed by atoms with Crippen LogP contribution in [0.4, 0.5) is 15.0 Å². The Hall–Kier alpha value is -4.01. The van der Waals surface area contributed by atoms with E-state index in [-0.39, 0.29) is 11.7 Å². The lowest BCUT2D eigenvalue weighted by molar-refractivity contribution is -0.136. The predicted molar refractivity (Wildman–Crippen MR) is 128 cm³/mol. The molecule has 3 aromatic rings. The Balaban J connectivity index is 1.44. The molecule has 8 nitrogen and oxygen atoms in total. The highest BCUT2D eigenvalue weighted by Crippen LogP contribution is 2.36. The van der Waals surface area contributed by atoms with Crippen molar-refractivity contribution in [1.29, 1.82) is 0 Å². The number of halogens is 1. The molecule has 0 radical (unpaired) electrons. The van der Waals surface area contributed by atoms with Crippen molar-refractivity contribution in [3.05, 3.63) is 72.3 Å². The molecule has 2 fully saturated rings. The van der Waals surface area contributed by atoms with Crippen molar-refractivity contribution >= 4 is 23.7 Å². The minimum Gasteiger partial charge on any atom is -0.323 e. The number of benzene rings is 2. The number of hydrogen-bond acceptors (Lipinski definition) is 4. The van der Waals surface area contributed by atoms with E-state index in [0.29, 0.717) is 36.5 Å². The molecule has 2 N–H and O–H groups in total. The van der Waals surface area contributed by atoms with Gasteiger partial charge in [-0.1, -0.05) is 43.2 Å². The fraction of sp³-hybridized carbons (Fsp3) is 0.308. The van der Waals surface area contributed by atoms with Gasteiger partial charge in [-0.15, -0.1) is 0 Å². The molecule has 1 aromatic heterocycles. The molecule has 35 heavy (non-hydrogen) atoms. The number of hydrogen-bond donors (Lipinski definition) is 2. The summed E-state index contributed by atoms with van der Waals surface area (Å²) in [6.45, 7) is 1.97. The van der Waals surface area contributed by atoms with Gasteiger partial charge in [-0.25, -0.2) is 19.1 Å². The number of carbonyl (C=O) groups is 3. The van der Waals surface area contributed by atoms with E-state index in [1.807, 2.05) is 30.3 Å². The van der Waals surface area contributed by atoms with Gasteiger partial charge in [0.2, 0.25) is 5.91 Å². The molecule has 1 atom stereocenters. The van der Waals surface area contributed by atoms with E-state index in [9.17, 15) is 18.8 Å². The van der Waals surface area contributed by atoms with Gasteiger partial charge in [0.25, 0.3) is 5.91 Å². The molecule has 1 saturated carbocycles. The number of amides is 4. The lowest BCUT2D eigenvalue weighted by atomic mass is 9.97. The van der Waals surface area contributed by atoms with Crippen molar-refractivity contribution in [2.45, 2.75) is 50.7 Å². The average Bonchev–Trinajstić information content (AvgIpc) is 3.54. The van der Waals surface area contributed by atoms with Crippen molar-refractivity contribution in [3.63, 3.8) is 0 Å². The van der Waals surface area contributed by atoms with Gasteiger partial charge in [-0.3, -0.25) is 9.59 Å². The maximum Gasteiger partial charge on any atom is 0.325 e. The van der Waals surface area contributed by atoms with Gasteiger partial charge in [-0.2, -0.15) is 0 Å². The van der Waals surface area contributed by atoms with Crippen molar-refractivity contribution in [1.82, 2.24) is 19.8 Å². The number of anilines is 1. The molecular weight excluding hydrogens is 449 g/mol. The summed E-state index contributed by atoms with van der Waals surface area (Å²) in [4.78, 5) is 44.7. The molecule has 2 aliphatic rings. The van der Waals surface area contributed by atoms with Gasteiger partial charge < -0.3 is 15.2 Å². The summed E-state index contributed by atoms with van der Waals surface area (Å²) in [5.41, 5.74) is 1.20. The molecular formula is C26H26FN5O3. The minimum atomic E-state index is -1.02. The van der Waals surface area contributed by atoms with Crippen LogP contribution in [0.25, 0.3) is 11.3 Å². The van der Waals surface area contributed by atoms with E-state index in [0.717, 1.165) is 23.3 Å². The van der Waals surface area contributed by atoms with E-state index < -0.39 is 23.5 Å². The van der Waals surface area contributed by atoms with Crippen molar-refractivity contribution in [3.8, 4) is 11.3 Å². The minimum absolute atomic E-state index is 0.348. The number of nitrogens with zero attached hydrogens (tertiary/aromatic N) is 3. The third kappa shape index (κ3) is 4.18. The second-order valence-electron chi connectivity index (χ2n) is 9.12. The first-order chi connectivity index (χ1) is 16.9. The number of urea groups is 1. The van der Waals surface area contributed by atoms with Crippen molar-refractivity contribution in [2.24, 2.45) is 0 Å². The highest BCUT2D eigenvalue weighted by molar-refractivity contribution is 6.11. The van der Waals surface area contributed by atoms with Crippen LogP contribution < -0.4 is 10.6 Å². The zero-order valence-electron chi connectivity index (χ0n) is 19.3. The van der Waals surface area contributed by atoms with Crippen molar-refractivity contribution < 1.29 is 18.8 Å². The van der Waals surface area contributed by atoms with Crippen LogP contribution in [-0.2, 0) is 16.1 Å². The van der Waals surface area contributed by atoms with Crippen molar-refractivity contribution in [2.75, 3.05) is 5.32 Å². The normalized spacial score (nSPS) is 17.6. The largest absolute Gasteiger partial charge is 0.325 e. The second-order valence-corrected chi connectivity index (χ2v) is 9.12. The van der Waals surface area contributed by atoms with Gasteiger partial charge in [0.15, 0.2) is 0 Å². The summed E-state index contributed by atoms with van der Waals surface area (Å²) in [5.74, 6) is -0.836. The fourth-order valence-electron chi connectivity index (χ4n) is 4.88. The first-order valence-corrected chi connectivity index (χ1v) is 11.7. The van der Waals surface area contributed by atoms with Crippen LogP contribution in [-0.4, -0.2) is 43.9 Å².